The van der Waals surface area contributed by atoms with Crippen LogP contribution in [0.5, 0.6) is 0 Å². The maximum atomic E-state index is 12.5. The minimum atomic E-state index is -3.65. The molecule has 0 aromatic carbocycles. The van der Waals surface area contributed by atoms with Crippen molar-refractivity contribution in [2.45, 2.75) is 44.2 Å². The van der Waals surface area contributed by atoms with Crippen LogP contribution in [0.2, 0.25) is 0 Å². The Kier molecular flexibility index (Phi) is 4.73. The zero-order valence-electron chi connectivity index (χ0n) is 12.6. The van der Waals surface area contributed by atoms with E-state index in [0.29, 0.717) is 12.5 Å². The lowest BCUT2D eigenvalue weighted by molar-refractivity contribution is 0.0697. The predicted molar refractivity (Wildman–Crippen MR) is 78.5 cm³/mol. The van der Waals surface area contributed by atoms with Crippen molar-refractivity contribution >= 4 is 15.9 Å². The second-order valence-electron chi connectivity index (χ2n) is 5.74. The Balaban J connectivity index is 2.14. The molecule has 1 aliphatic rings. The van der Waals surface area contributed by atoms with Crippen LogP contribution in [0.4, 0.5) is 0 Å². The fraction of sp³-hybridized carbons (Fsp3) is 0.643. The highest BCUT2D eigenvalue weighted by atomic mass is 32.2. The van der Waals surface area contributed by atoms with E-state index < -0.39 is 10.0 Å². The van der Waals surface area contributed by atoms with Gasteiger partial charge in [0.15, 0.2) is 5.76 Å². The summed E-state index contributed by atoms with van der Waals surface area (Å²) in [5.41, 5.74) is 0. The lowest BCUT2D eigenvalue weighted by Gasteiger charge is -2.22. The normalized spacial score (nSPS) is 15.4. The SMILES string of the molecule is CNS(=O)(=O)c1ccc(C(=O)N(CCC(C)C)C2CC2)o1. The lowest BCUT2D eigenvalue weighted by Crippen LogP contribution is -2.34. The molecule has 0 aliphatic heterocycles. The van der Waals surface area contributed by atoms with Crippen molar-refractivity contribution in [1.29, 1.82) is 0 Å². The summed E-state index contributed by atoms with van der Waals surface area (Å²) in [6, 6.07) is 3.01. The van der Waals surface area contributed by atoms with Gasteiger partial charge in [-0.25, -0.2) is 13.1 Å². The van der Waals surface area contributed by atoms with Gasteiger partial charge < -0.3 is 9.32 Å². The van der Waals surface area contributed by atoms with Crippen molar-refractivity contribution in [1.82, 2.24) is 9.62 Å². The second-order valence-corrected chi connectivity index (χ2v) is 7.56. The average molecular weight is 314 g/mol. The maximum Gasteiger partial charge on any atom is 0.289 e. The van der Waals surface area contributed by atoms with Crippen LogP contribution in [0.25, 0.3) is 0 Å². The van der Waals surface area contributed by atoms with Gasteiger partial charge in [0.1, 0.15) is 0 Å². The minimum Gasteiger partial charge on any atom is -0.438 e. The molecule has 0 saturated heterocycles. The second kappa shape index (κ2) is 6.19. The van der Waals surface area contributed by atoms with Crippen molar-refractivity contribution in [2.24, 2.45) is 5.92 Å². The van der Waals surface area contributed by atoms with Gasteiger partial charge in [-0.15, -0.1) is 0 Å². The molecule has 1 heterocycles. The summed E-state index contributed by atoms with van der Waals surface area (Å²) >= 11 is 0. The standard InChI is InChI=1S/C14H22N2O4S/c1-10(2)8-9-16(11-4-5-11)14(17)12-6-7-13(20-12)21(18,19)15-3/h6-7,10-11,15H,4-5,8-9H2,1-3H3. The number of hydrogen-bond acceptors (Lipinski definition) is 4. The predicted octanol–water partition coefficient (Wildman–Crippen LogP) is 1.84. The molecule has 6 nitrogen and oxygen atoms in total. The molecule has 0 unspecified atom stereocenters. The van der Waals surface area contributed by atoms with Gasteiger partial charge in [0.25, 0.3) is 15.9 Å². The summed E-state index contributed by atoms with van der Waals surface area (Å²) in [5, 5.41) is -0.229. The molecule has 0 bridgehead atoms. The smallest absolute Gasteiger partial charge is 0.289 e. The van der Waals surface area contributed by atoms with Gasteiger partial charge in [0.05, 0.1) is 0 Å². The Morgan fingerprint density at radius 2 is 2.10 bits per heavy atom. The van der Waals surface area contributed by atoms with E-state index in [1.807, 2.05) is 0 Å². The highest BCUT2D eigenvalue weighted by molar-refractivity contribution is 7.89. The first-order valence-electron chi connectivity index (χ1n) is 7.19. The number of nitrogens with zero attached hydrogens (tertiary/aromatic N) is 1. The van der Waals surface area contributed by atoms with Crippen LogP contribution in [-0.4, -0.2) is 38.9 Å². The zero-order valence-corrected chi connectivity index (χ0v) is 13.4. The molecule has 1 saturated carbocycles. The molecular weight excluding hydrogens is 292 g/mol. The van der Waals surface area contributed by atoms with Crippen LogP contribution in [0.1, 0.15) is 43.7 Å². The number of rotatable bonds is 7. The van der Waals surface area contributed by atoms with Crippen molar-refractivity contribution in [3.63, 3.8) is 0 Å². The van der Waals surface area contributed by atoms with Crippen LogP contribution in [0, 0.1) is 5.92 Å². The summed E-state index contributed by atoms with van der Waals surface area (Å²) < 4.78 is 30.7. The molecule has 1 aromatic heterocycles. The highest BCUT2D eigenvalue weighted by Crippen LogP contribution is 2.29. The fourth-order valence-corrected chi connectivity index (χ4v) is 2.70. The van der Waals surface area contributed by atoms with Crippen molar-refractivity contribution in [3.05, 3.63) is 17.9 Å². The Hall–Kier alpha value is -1.34. The Morgan fingerprint density at radius 1 is 1.43 bits per heavy atom. The third-order valence-electron chi connectivity index (χ3n) is 3.52. The van der Waals surface area contributed by atoms with Crippen LogP contribution >= 0.6 is 0 Å². The van der Waals surface area contributed by atoms with Gasteiger partial charge >= 0.3 is 0 Å². The van der Waals surface area contributed by atoms with E-state index in [-0.39, 0.29) is 22.8 Å². The summed E-state index contributed by atoms with van der Waals surface area (Å²) in [7, 11) is -2.35. The third kappa shape index (κ3) is 3.85. The number of carbonyl (C=O) groups excluding carboxylic acids is 1. The van der Waals surface area contributed by atoms with E-state index >= 15 is 0 Å². The van der Waals surface area contributed by atoms with Gasteiger partial charge in [-0.1, -0.05) is 13.8 Å². The molecule has 1 fully saturated rings. The van der Waals surface area contributed by atoms with Crippen LogP contribution in [-0.2, 0) is 10.0 Å². The average Bonchev–Trinajstić information content (AvgIpc) is 3.13. The van der Waals surface area contributed by atoms with Crippen LogP contribution < -0.4 is 4.72 Å². The molecular formula is C14H22N2O4S. The maximum absolute atomic E-state index is 12.5. The molecule has 21 heavy (non-hydrogen) atoms. The summed E-state index contributed by atoms with van der Waals surface area (Å²) in [6.07, 6.45) is 2.93. The number of sulfonamides is 1. The Bertz CT molecular complexity index is 602. The summed E-state index contributed by atoms with van der Waals surface area (Å²) in [6.45, 7) is 4.90. The molecule has 7 heteroatoms. The van der Waals surface area contributed by atoms with E-state index in [4.69, 9.17) is 4.42 Å². The van der Waals surface area contributed by atoms with E-state index in [1.165, 1.54) is 19.2 Å². The minimum absolute atomic E-state index is 0.0829. The van der Waals surface area contributed by atoms with Gasteiger partial charge in [-0.3, -0.25) is 4.79 Å². The van der Waals surface area contributed by atoms with E-state index in [1.54, 1.807) is 4.90 Å². The van der Waals surface area contributed by atoms with Crippen molar-refractivity contribution in [2.75, 3.05) is 13.6 Å². The van der Waals surface area contributed by atoms with E-state index in [9.17, 15) is 13.2 Å². The third-order valence-corrected chi connectivity index (χ3v) is 4.81. The van der Waals surface area contributed by atoms with Gasteiger partial charge in [-0.2, -0.15) is 0 Å². The fourth-order valence-electron chi connectivity index (χ4n) is 2.06. The molecule has 1 N–H and O–H groups in total. The topological polar surface area (TPSA) is 79.6 Å². The first-order chi connectivity index (χ1) is 9.85. The van der Waals surface area contributed by atoms with Crippen molar-refractivity contribution < 1.29 is 17.6 Å². The molecule has 2 rings (SSSR count). The van der Waals surface area contributed by atoms with Crippen LogP contribution in [0.15, 0.2) is 21.6 Å². The van der Waals surface area contributed by atoms with Gasteiger partial charge in [-0.05, 0) is 44.4 Å². The van der Waals surface area contributed by atoms with Gasteiger partial charge in [0.2, 0.25) is 5.09 Å². The number of nitrogens with one attached hydrogen (secondary N) is 1. The van der Waals surface area contributed by atoms with Crippen LogP contribution in [0.3, 0.4) is 0 Å². The summed E-state index contributed by atoms with van der Waals surface area (Å²) in [5.74, 6) is 0.367. The first kappa shape index (κ1) is 16.0. The molecule has 1 amide bonds. The number of amides is 1. The summed E-state index contributed by atoms with van der Waals surface area (Å²) in [4.78, 5) is 14.3. The van der Waals surface area contributed by atoms with Crippen molar-refractivity contribution in [3.8, 4) is 0 Å². The van der Waals surface area contributed by atoms with Gasteiger partial charge in [0, 0.05) is 12.6 Å². The lowest BCUT2D eigenvalue weighted by atomic mass is 10.1. The van der Waals surface area contributed by atoms with E-state index in [2.05, 4.69) is 18.6 Å². The Morgan fingerprint density at radius 3 is 2.62 bits per heavy atom. The Labute approximate surface area is 125 Å². The largest absolute Gasteiger partial charge is 0.438 e. The molecule has 118 valence electrons. The highest BCUT2D eigenvalue weighted by Gasteiger charge is 2.34. The molecule has 0 atom stereocenters. The number of hydrogen-bond donors (Lipinski definition) is 1. The first-order valence-corrected chi connectivity index (χ1v) is 8.68. The molecule has 0 spiro atoms. The molecule has 0 radical (unpaired) electrons. The van der Waals surface area contributed by atoms with E-state index in [0.717, 1.165) is 19.3 Å². The number of furan rings is 1. The zero-order chi connectivity index (χ0) is 15.6. The quantitative estimate of drug-likeness (QED) is 0.833. The molecule has 1 aromatic rings. The number of carbonyl (C=O) groups is 1. The molecule has 1 aliphatic carbocycles. The monoisotopic (exact) mass is 314 g/mol.